The second-order valence-corrected chi connectivity index (χ2v) is 7.21. The Balaban J connectivity index is 1.68. The van der Waals surface area contributed by atoms with E-state index in [-0.39, 0.29) is 23.0 Å². The van der Waals surface area contributed by atoms with E-state index in [1.807, 2.05) is 12.1 Å². The summed E-state index contributed by atoms with van der Waals surface area (Å²) in [5.74, 6) is -0.858. The van der Waals surface area contributed by atoms with Gasteiger partial charge in [0.2, 0.25) is 0 Å². The van der Waals surface area contributed by atoms with Crippen molar-refractivity contribution in [3.63, 3.8) is 0 Å². The molecule has 1 heterocycles. The second-order valence-electron chi connectivity index (χ2n) is 6.78. The summed E-state index contributed by atoms with van der Waals surface area (Å²) in [5.41, 5.74) is 8.59. The Morgan fingerprint density at radius 2 is 1.80 bits per heavy atom. The van der Waals surface area contributed by atoms with Crippen LogP contribution < -0.4 is 16.4 Å². The molecule has 0 radical (unpaired) electrons. The van der Waals surface area contributed by atoms with Gasteiger partial charge >= 0.3 is 6.03 Å². The summed E-state index contributed by atoms with van der Waals surface area (Å²) < 4.78 is 15.0. The van der Waals surface area contributed by atoms with Crippen LogP contribution in [0.3, 0.4) is 0 Å². The molecule has 9 heteroatoms. The molecule has 0 saturated carbocycles. The van der Waals surface area contributed by atoms with Gasteiger partial charge in [0.05, 0.1) is 17.0 Å². The number of nitrogens with one attached hydrogen (secondary N) is 2. The summed E-state index contributed by atoms with van der Waals surface area (Å²) in [6.45, 7) is 3.54. The molecule has 0 spiro atoms. The maximum Gasteiger partial charge on any atom is 0.342 e. The number of hydrogen-bond donors (Lipinski definition) is 3. The van der Waals surface area contributed by atoms with Gasteiger partial charge in [-0.2, -0.15) is 9.78 Å². The summed E-state index contributed by atoms with van der Waals surface area (Å²) in [4.78, 5) is 25.1. The van der Waals surface area contributed by atoms with Crippen LogP contribution in [-0.2, 0) is 13.1 Å². The van der Waals surface area contributed by atoms with Crippen molar-refractivity contribution in [3.05, 3.63) is 81.4 Å². The fourth-order valence-corrected chi connectivity index (χ4v) is 3.14. The van der Waals surface area contributed by atoms with Crippen molar-refractivity contribution in [1.82, 2.24) is 20.4 Å². The zero-order valence-electron chi connectivity index (χ0n) is 16.5. The zero-order chi connectivity index (χ0) is 21.8. The lowest BCUT2D eigenvalue weighted by Crippen LogP contribution is -2.30. The number of hydrogen-bond acceptors (Lipinski definition) is 4. The summed E-state index contributed by atoms with van der Waals surface area (Å²) in [5, 5.41) is 9.84. The molecular weight excluding hydrogens is 409 g/mol. The van der Waals surface area contributed by atoms with Gasteiger partial charge in [0.15, 0.2) is 0 Å². The van der Waals surface area contributed by atoms with Crippen molar-refractivity contribution in [2.45, 2.75) is 26.9 Å². The molecule has 0 bridgehead atoms. The summed E-state index contributed by atoms with van der Waals surface area (Å²) >= 11 is 5.73. The Labute approximate surface area is 178 Å². The molecule has 0 saturated heterocycles. The molecule has 0 aliphatic heterocycles. The first-order valence-corrected chi connectivity index (χ1v) is 9.55. The van der Waals surface area contributed by atoms with Crippen LogP contribution in [0.2, 0.25) is 5.02 Å². The molecule has 3 rings (SSSR count). The molecule has 0 unspecified atom stereocenters. The van der Waals surface area contributed by atoms with E-state index in [0.717, 1.165) is 10.2 Å². The number of nitrogen functional groups attached to an aromatic ring is 1. The Kier molecular flexibility index (Phi) is 6.37. The van der Waals surface area contributed by atoms with Crippen molar-refractivity contribution >= 4 is 29.2 Å². The molecule has 156 valence electrons. The molecule has 0 aliphatic carbocycles. The standard InChI is InChI=1S/C21H21ClFN5O2/c1-12-19(20(29)25-10-14-3-7-17(24)8-4-14)13(2)28(27-12)21(30)26-11-15-5-6-16(22)9-18(15)23/h3-9H,10-11,24H2,1-2H3,(H,25,29)(H,26,30). The Hall–Kier alpha value is -3.39. The number of nitrogens with zero attached hydrogens (tertiary/aromatic N) is 2. The number of carbonyl (C=O) groups excluding carboxylic acids is 2. The summed E-state index contributed by atoms with van der Waals surface area (Å²) in [6, 6.07) is 10.8. The molecule has 3 aromatic rings. The van der Waals surface area contributed by atoms with E-state index in [2.05, 4.69) is 15.7 Å². The van der Waals surface area contributed by atoms with Gasteiger partial charge in [-0.15, -0.1) is 0 Å². The number of aryl methyl sites for hydroxylation is 1. The highest BCUT2D eigenvalue weighted by molar-refractivity contribution is 6.30. The van der Waals surface area contributed by atoms with E-state index in [9.17, 15) is 14.0 Å². The number of amides is 2. The van der Waals surface area contributed by atoms with Crippen molar-refractivity contribution in [1.29, 1.82) is 0 Å². The molecule has 0 fully saturated rings. The van der Waals surface area contributed by atoms with Gasteiger partial charge in [-0.05, 0) is 43.7 Å². The molecule has 4 N–H and O–H groups in total. The normalized spacial score (nSPS) is 10.7. The summed E-state index contributed by atoms with van der Waals surface area (Å²) in [6.07, 6.45) is 0. The minimum Gasteiger partial charge on any atom is -0.399 e. The van der Waals surface area contributed by atoms with Crippen LogP contribution in [0.25, 0.3) is 0 Å². The van der Waals surface area contributed by atoms with Crippen LogP contribution in [-0.4, -0.2) is 21.7 Å². The van der Waals surface area contributed by atoms with Gasteiger partial charge in [-0.1, -0.05) is 29.8 Å². The fraction of sp³-hybridized carbons (Fsp3) is 0.190. The topological polar surface area (TPSA) is 102 Å². The highest BCUT2D eigenvalue weighted by Gasteiger charge is 2.21. The molecule has 2 amide bonds. The number of benzene rings is 2. The number of aromatic nitrogens is 2. The van der Waals surface area contributed by atoms with Crippen LogP contribution in [0.15, 0.2) is 42.5 Å². The van der Waals surface area contributed by atoms with Crippen LogP contribution >= 0.6 is 11.6 Å². The van der Waals surface area contributed by atoms with Gasteiger partial charge in [0.25, 0.3) is 5.91 Å². The van der Waals surface area contributed by atoms with Crippen LogP contribution in [0.4, 0.5) is 14.9 Å². The van der Waals surface area contributed by atoms with Gasteiger partial charge < -0.3 is 16.4 Å². The van der Waals surface area contributed by atoms with E-state index in [1.165, 1.54) is 12.1 Å². The molecule has 2 aromatic carbocycles. The van der Waals surface area contributed by atoms with Crippen molar-refractivity contribution < 1.29 is 14.0 Å². The van der Waals surface area contributed by atoms with Gasteiger partial charge in [0, 0.05) is 29.4 Å². The maximum atomic E-state index is 13.9. The largest absolute Gasteiger partial charge is 0.399 e. The minimum absolute atomic E-state index is 0.0428. The minimum atomic E-state index is -0.567. The average molecular weight is 430 g/mol. The first-order valence-electron chi connectivity index (χ1n) is 9.17. The van der Waals surface area contributed by atoms with E-state index in [4.69, 9.17) is 17.3 Å². The third-order valence-corrected chi connectivity index (χ3v) is 4.82. The molecule has 1 aromatic heterocycles. The lowest BCUT2D eigenvalue weighted by molar-refractivity contribution is 0.0949. The molecule has 7 nitrogen and oxygen atoms in total. The third-order valence-electron chi connectivity index (χ3n) is 4.59. The number of carbonyl (C=O) groups is 2. The van der Waals surface area contributed by atoms with Crippen molar-refractivity contribution in [2.24, 2.45) is 0 Å². The van der Waals surface area contributed by atoms with E-state index in [1.54, 1.807) is 32.0 Å². The monoisotopic (exact) mass is 429 g/mol. The van der Waals surface area contributed by atoms with E-state index in [0.29, 0.717) is 29.2 Å². The number of rotatable bonds is 5. The Morgan fingerprint density at radius 3 is 2.47 bits per heavy atom. The van der Waals surface area contributed by atoms with E-state index >= 15 is 0 Å². The Morgan fingerprint density at radius 1 is 1.10 bits per heavy atom. The maximum absolute atomic E-state index is 13.9. The quantitative estimate of drug-likeness (QED) is 0.539. The van der Waals surface area contributed by atoms with Gasteiger partial charge in [-0.3, -0.25) is 4.79 Å². The first kappa shape index (κ1) is 21.3. The summed E-state index contributed by atoms with van der Waals surface area (Å²) in [7, 11) is 0. The van der Waals surface area contributed by atoms with Crippen molar-refractivity contribution in [3.8, 4) is 0 Å². The Bertz CT molecular complexity index is 1100. The van der Waals surface area contributed by atoms with Crippen LogP contribution in [0.5, 0.6) is 0 Å². The molecule has 0 aliphatic rings. The number of nitrogens with two attached hydrogens (primary N) is 1. The predicted molar refractivity (Wildman–Crippen MR) is 113 cm³/mol. The third kappa shape index (κ3) is 4.77. The lowest BCUT2D eigenvalue weighted by atomic mass is 10.1. The highest BCUT2D eigenvalue weighted by atomic mass is 35.5. The molecular formula is C21H21ClFN5O2. The molecule has 0 atom stereocenters. The zero-order valence-corrected chi connectivity index (χ0v) is 17.3. The number of halogens is 2. The van der Waals surface area contributed by atoms with Gasteiger partial charge in [0.1, 0.15) is 5.82 Å². The first-order chi connectivity index (χ1) is 14.3. The SMILES string of the molecule is Cc1nn(C(=O)NCc2ccc(Cl)cc2F)c(C)c1C(=O)NCc1ccc(N)cc1. The fourth-order valence-electron chi connectivity index (χ4n) is 2.99. The number of anilines is 1. The van der Waals surface area contributed by atoms with Crippen molar-refractivity contribution in [2.75, 3.05) is 5.73 Å². The van der Waals surface area contributed by atoms with E-state index < -0.39 is 11.8 Å². The second kappa shape index (κ2) is 8.96. The molecule has 30 heavy (non-hydrogen) atoms. The predicted octanol–water partition coefficient (Wildman–Crippen LogP) is 3.56. The highest BCUT2D eigenvalue weighted by Crippen LogP contribution is 2.16. The van der Waals surface area contributed by atoms with Gasteiger partial charge in [-0.25, -0.2) is 9.18 Å². The van der Waals surface area contributed by atoms with Crippen LogP contribution in [0.1, 0.15) is 32.9 Å². The van der Waals surface area contributed by atoms with Crippen LogP contribution in [0, 0.1) is 19.7 Å². The smallest absolute Gasteiger partial charge is 0.342 e. The average Bonchev–Trinajstić information content (AvgIpc) is 3.00. The lowest BCUT2D eigenvalue weighted by Gasteiger charge is -2.09.